The van der Waals surface area contributed by atoms with Crippen molar-refractivity contribution in [3.8, 4) is 5.75 Å². The Morgan fingerprint density at radius 2 is 1.91 bits per heavy atom. The maximum atomic E-state index is 13.3. The second-order valence-corrected chi connectivity index (χ2v) is 11.3. The smallest absolute Gasteiger partial charge is 0.325 e. The van der Waals surface area contributed by atoms with E-state index in [-0.39, 0.29) is 29.4 Å². The van der Waals surface area contributed by atoms with Gasteiger partial charge in [-0.1, -0.05) is 22.0 Å². The van der Waals surface area contributed by atoms with Crippen LogP contribution in [0, 0.1) is 0 Å². The van der Waals surface area contributed by atoms with Gasteiger partial charge in [-0.15, -0.1) is 0 Å². The molecule has 0 spiro atoms. The summed E-state index contributed by atoms with van der Waals surface area (Å²) in [6, 6.07) is 12.5. The molecule has 33 heavy (non-hydrogen) atoms. The Kier molecular flexibility index (Phi) is 6.83. The third kappa shape index (κ3) is 4.95. The van der Waals surface area contributed by atoms with Gasteiger partial charge in [0, 0.05) is 40.6 Å². The van der Waals surface area contributed by atoms with Gasteiger partial charge in [-0.25, -0.2) is 8.42 Å². The Balaban J connectivity index is 1.59. The van der Waals surface area contributed by atoms with Crippen molar-refractivity contribution in [2.45, 2.75) is 43.7 Å². The molecule has 0 radical (unpaired) electrons. The molecule has 2 aromatic carbocycles. The second-order valence-electron chi connectivity index (χ2n) is 8.44. The molecule has 1 saturated heterocycles. The van der Waals surface area contributed by atoms with Crippen LogP contribution in [0.25, 0.3) is 10.9 Å². The first kappa shape index (κ1) is 23.8. The van der Waals surface area contributed by atoms with Crippen LogP contribution in [0.15, 0.2) is 58.0 Å². The lowest BCUT2D eigenvalue weighted by molar-refractivity contribution is -0.141. The number of methoxy groups -OCH3 is 1. The van der Waals surface area contributed by atoms with Gasteiger partial charge in [-0.05, 0) is 62.2 Å². The maximum Gasteiger partial charge on any atom is 0.325 e. The Labute approximate surface area is 202 Å². The van der Waals surface area contributed by atoms with E-state index in [9.17, 15) is 13.2 Å². The van der Waals surface area contributed by atoms with Crippen molar-refractivity contribution in [1.82, 2.24) is 8.87 Å². The molecular formula is C24H27BrN2O5S. The summed E-state index contributed by atoms with van der Waals surface area (Å²) in [5.74, 6) is 0.345. The minimum atomic E-state index is -3.61. The van der Waals surface area contributed by atoms with Crippen molar-refractivity contribution in [2.24, 2.45) is 0 Å². The number of benzene rings is 2. The first-order valence-electron chi connectivity index (χ1n) is 10.8. The van der Waals surface area contributed by atoms with Crippen LogP contribution in [0.2, 0.25) is 0 Å². The standard InChI is InChI=1S/C24H27BrN2O5S/c1-16(2)32-19-5-7-20(8-6-19)33(29,30)27-11-10-17(13-27)22-14-26(15-24(28)31-3)23-12-18(25)4-9-21(22)23/h4-9,12,14,16-17H,10-11,13,15H2,1-3H3. The summed E-state index contributed by atoms with van der Waals surface area (Å²) in [7, 11) is -2.24. The molecule has 0 amide bonds. The van der Waals surface area contributed by atoms with Crippen LogP contribution in [0.5, 0.6) is 5.75 Å². The molecular weight excluding hydrogens is 508 g/mol. The van der Waals surface area contributed by atoms with Gasteiger partial charge in [0.1, 0.15) is 12.3 Å². The van der Waals surface area contributed by atoms with Crippen molar-refractivity contribution in [3.63, 3.8) is 0 Å². The van der Waals surface area contributed by atoms with Crippen molar-refractivity contribution < 1.29 is 22.7 Å². The van der Waals surface area contributed by atoms with E-state index < -0.39 is 10.0 Å². The summed E-state index contributed by atoms with van der Waals surface area (Å²) in [5, 5.41) is 1.02. The number of nitrogens with zero attached hydrogens (tertiary/aromatic N) is 2. The number of sulfonamides is 1. The fraction of sp³-hybridized carbons (Fsp3) is 0.375. The minimum absolute atomic E-state index is 0.0220. The minimum Gasteiger partial charge on any atom is -0.491 e. The molecule has 0 N–H and O–H groups in total. The predicted octanol–water partition coefficient (Wildman–Crippen LogP) is 4.54. The molecule has 0 saturated carbocycles. The zero-order chi connectivity index (χ0) is 23.8. The Bertz CT molecular complexity index is 1270. The summed E-state index contributed by atoms with van der Waals surface area (Å²) in [6.45, 7) is 4.78. The fourth-order valence-electron chi connectivity index (χ4n) is 4.27. The molecule has 0 aliphatic carbocycles. The number of ether oxygens (including phenoxy) is 2. The van der Waals surface area contributed by atoms with Crippen LogP contribution in [0.1, 0.15) is 31.7 Å². The molecule has 1 aromatic heterocycles. The monoisotopic (exact) mass is 534 g/mol. The normalized spacial score (nSPS) is 17.1. The van der Waals surface area contributed by atoms with Crippen LogP contribution < -0.4 is 4.74 Å². The third-order valence-corrected chi connectivity index (χ3v) is 8.20. The van der Waals surface area contributed by atoms with E-state index in [2.05, 4.69) is 15.9 Å². The number of carbonyl (C=O) groups excluding carboxylic acids is 1. The third-order valence-electron chi connectivity index (χ3n) is 5.83. The van der Waals surface area contributed by atoms with Gasteiger partial charge in [-0.2, -0.15) is 4.31 Å². The molecule has 7 nitrogen and oxygen atoms in total. The van der Waals surface area contributed by atoms with E-state index in [0.29, 0.717) is 25.3 Å². The summed E-state index contributed by atoms with van der Waals surface area (Å²) in [6.07, 6.45) is 2.68. The highest BCUT2D eigenvalue weighted by atomic mass is 79.9. The highest BCUT2D eigenvalue weighted by Crippen LogP contribution is 2.37. The van der Waals surface area contributed by atoms with Gasteiger partial charge < -0.3 is 14.0 Å². The SMILES string of the molecule is COC(=O)Cn1cc(C2CCN(S(=O)(=O)c3ccc(OC(C)C)cc3)C2)c2ccc(Br)cc21. The van der Waals surface area contributed by atoms with Crippen molar-refractivity contribution in [1.29, 1.82) is 0 Å². The number of halogens is 1. The molecule has 3 aromatic rings. The molecule has 9 heteroatoms. The number of esters is 1. The number of aromatic nitrogens is 1. The van der Waals surface area contributed by atoms with Crippen LogP contribution in [-0.4, -0.2) is 49.6 Å². The molecule has 2 heterocycles. The van der Waals surface area contributed by atoms with Crippen molar-refractivity contribution >= 4 is 42.8 Å². The number of fused-ring (bicyclic) bond motifs is 1. The molecule has 1 fully saturated rings. The summed E-state index contributed by atoms with van der Waals surface area (Å²) in [5.41, 5.74) is 1.95. The fourth-order valence-corrected chi connectivity index (χ4v) is 6.11. The zero-order valence-electron chi connectivity index (χ0n) is 18.8. The molecule has 1 aliphatic heterocycles. The summed E-state index contributed by atoms with van der Waals surface area (Å²) < 4.78 is 41.3. The van der Waals surface area contributed by atoms with Crippen LogP contribution in [0.4, 0.5) is 0 Å². The second kappa shape index (κ2) is 9.48. The van der Waals surface area contributed by atoms with Crippen LogP contribution in [0.3, 0.4) is 0 Å². The summed E-state index contributed by atoms with van der Waals surface area (Å²) >= 11 is 3.50. The molecule has 0 bridgehead atoms. The Morgan fingerprint density at radius 1 is 1.18 bits per heavy atom. The molecule has 176 valence electrons. The highest BCUT2D eigenvalue weighted by molar-refractivity contribution is 9.10. The lowest BCUT2D eigenvalue weighted by Gasteiger charge is -2.17. The summed E-state index contributed by atoms with van der Waals surface area (Å²) in [4.78, 5) is 12.2. The topological polar surface area (TPSA) is 77.8 Å². The van der Waals surface area contributed by atoms with E-state index in [0.717, 1.165) is 20.9 Å². The number of hydrogen-bond acceptors (Lipinski definition) is 5. The van der Waals surface area contributed by atoms with Crippen molar-refractivity contribution in [2.75, 3.05) is 20.2 Å². The average molecular weight is 535 g/mol. The van der Waals surface area contributed by atoms with Gasteiger partial charge in [0.25, 0.3) is 0 Å². The van der Waals surface area contributed by atoms with Crippen molar-refractivity contribution in [3.05, 3.63) is 58.7 Å². The van der Waals surface area contributed by atoms with E-state index in [1.165, 1.54) is 11.4 Å². The van der Waals surface area contributed by atoms with Gasteiger partial charge in [0.15, 0.2) is 0 Å². The molecule has 1 aliphatic rings. The van der Waals surface area contributed by atoms with Gasteiger partial charge >= 0.3 is 5.97 Å². The highest BCUT2D eigenvalue weighted by Gasteiger charge is 2.34. The van der Waals surface area contributed by atoms with E-state index in [1.807, 2.05) is 42.8 Å². The Hall–Kier alpha value is -2.36. The number of hydrogen-bond donors (Lipinski definition) is 0. The Morgan fingerprint density at radius 3 is 2.58 bits per heavy atom. The lowest BCUT2D eigenvalue weighted by atomic mass is 9.98. The number of rotatable bonds is 7. The zero-order valence-corrected chi connectivity index (χ0v) is 21.2. The quantitative estimate of drug-likeness (QED) is 0.415. The van der Waals surface area contributed by atoms with E-state index >= 15 is 0 Å². The van der Waals surface area contributed by atoms with Gasteiger partial charge in [0.05, 0.1) is 18.1 Å². The van der Waals surface area contributed by atoms with E-state index in [1.54, 1.807) is 24.3 Å². The van der Waals surface area contributed by atoms with Gasteiger partial charge in [-0.3, -0.25) is 4.79 Å². The first-order chi connectivity index (χ1) is 15.7. The molecule has 1 atom stereocenters. The first-order valence-corrected chi connectivity index (χ1v) is 13.0. The van der Waals surface area contributed by atoms with Crippen LogP contribution in [-0.2, 0) is 26.1 Å². The molecule has 4 rings (SSSR count). The average Bonchev–Trinajstić information content (AvgIpc) is 3.39. The van der Waals surface area contributed by atoms with E-state index in [4.69, 9.17) is 9.47 Å². The van der Waals surface area contributed by atoms with Gasteiger partial charge in [0.2, 0.25) is 10.0 Å². The maximum absolute atomic E-state index is 13.3. The number of carbonyl (C=O) groups is 1. The largest absolute Gasteiger partial charge is 0.491 e. The van der Waals surface area contributed by atoms with Crippen LogP contribution >= 0.6 is 15.9 Å². The predicted molar refractivity (Wildman–Crippen MR) is 130 cm³/mol. The molecule has 1 unspecified atom stereocenters. The lowest BCUT2D eigenvalue weighted by Crippen LogP contribution is -2.28.